The SMILES string of the molecule is CCNC(=NCC1(C2CC2)CC1)NC1CCN(c2cccs2)CC1. The number of anilines is 1. The Morgan fingerprint density at radius 1 is 1.29 bits per heavy atom. The van der Waals surface area contributed by atoms with E-state index in [4.69, 9.17) is 4.99 Å². The Balaban J connectivity index is 1.29. The molecule has 0 atom stereocenters. The molecule has 1 aromatic rings. The number of aliphatic imine (C=N–C) groups is 1. The number of guanidine groups is 1. The minimum Gasteiger partial charge on any atom is -0.363 e. The van der Waals surface area contributed by atoms with Crippen LogP contribution in [0.5, 0.6) is 0 Å². The molecule has 2 saturated carbocycles. The summed E-state index contributed by atoms with van der Waals surface area (Å²) in [5, 5.41) is 10.7. The Morgan fingerprint density at radius 2 is 2.08 bits per heavy atom. The van der Waals surface area contributed by atoms with Crippen molar-refractivity contribution < 1.29 is 0 Å². The lowest BCUT2D eigenvalue weighted by molar-refractivity contribution is 0.443. The molecule has 4 rings (SSSR count). The molecule has 1 aromatic heterocycles. The maximum Gasteiger partial charge on any atom is 0.191 e. The van der Waals surface area contributed by atoms with Crippen molar-refractivity contribution in [3.05, 3.63) is 17.5 Å². The molecule has 2 N–H and O–H groups in total. The number of thiophene rings is 1. The molecule has 2 aliphatic carbocycles. The summed E-state index contributed by atoms with van der Waals surface area (Å²) >= 11 is 1.85. The fourth-order valence-electron chi connectivity index (χ4n) is 4.00. The van der Waals surface area contributed by atoms with E-state index in [1.165, 1.54) is 43.5 Å². The average molecular weight is 347 g/mol. The van der Waals surface area contributed by atoms with Gasteiger partial charge in [0.2, 0.25) is 0 Å². The second-order valence-corrected chi connectivity index (χ2v) is 8.61. The van der Waals surface area contributed by atoms with Gasteiger partial charge in [0.05, 0.1) is 5.00 Å². The summed E-state index contributed by atoms with van der Waals surface area (Å²) in [4.78, 5) is 7.47. The Morgan fingerprint density at radius 3 is 2.67 bits per heavy atom. The van der Waals surface area contributed by atoms with E-state index in [9.17, 15) is 0 Å². The third kappa shape index (κ3) is 3.71. The quantitative estimate of drug-likeness (QED) is 0.612. The molecule has 0 unspecified atom stereocenters. The molecule has 0 radical (unpaired) electrons. The molecule has 5 heteroatoms. The van der Waals surface area contributed by atoms with Gasteiger partial charge in [0.1, 0.15) is 0 Å². The van der Waals surface area contributed by atoms with Crippen molar-refractivity contribution in [1.29, 1.82) is 0 Å². The van der Waals surface area contributed by atoms with Crippen molar-refractivity contribution in [1.82, 2.24) is 10.6 Å². The maximum absolute atomic E-state index is 4.95. The number of nitrogens with zero attached hydrogens (tertiary/aromatic N) is 2. The van der Waals surface area contributed by atoms with Gasteiger partial charge < -0.3 is 15.5 Å². The number of piperidine rings is 1. The molecular formula is C19H30N4S. The molecule has 1 saturated heterocycles. The highest BCUT2D eigenvalue weighted by molar-refractivity contribution is 7.14. The van der Waals surface area contributed by atoms with Crippen LogP contribution in [0.3, 0.4) is 0 Å². The summed E-state index contributed by atoms with van der Waals surface area (Å²) in [7, 11) is 0. The largest absolute Gasteiger partial charge is 0.363 e. The lowest BCUT2D eigenvalue weighted by atomic mass is 10.0. The maximum atomic E-state index is 4.95. The molecule has 132 valence electrons. The van der Waals surface area contributed by atoms with Gasteiger partial charge in [-0.3, -0.25) is 4.99 Å². The topological polar surface area (TPSA) is 39.7 Å². The van der Waals surface area contributed by atoms with Crippen LogP contribution in [-0.4, -0.2) is 38.2 Å². The van der Waals surface area contributed by atoms with Crippen LogP contribution < -0.4 is 15.5 Å². The lowest BCUT2D eigenvalue weighted by Crippen LogP contribution is -2.48. The van der Waals surface area contributed by atoms with Gasteiger partial charge in [-0.2, -0.15) is 0 Å². The van der Waals surface area contributed by atoms with Crippen LogP contribution in [-0.2, 0) is 0 Å². The number of hydrogen-bond donors (Lipinski definition) is 2. The van der Waals surface area contributed by atoms with E-state index in [0.717, 1.165) is 38.1 Å². The monoisotopic (exact) mass is 346 g/mol. The molecule has 0 spiro atoms. The van der Waals surface area contributed by atoms with Crippen LogP contribution >= 0.6 is 11.3 Å². The highest BCUT2D eigenvalue weighted by Gasteiger charge is 2.53. The van der Waals surface area contributed by atoms with Gasteiger partial charge >= 0.3 is 0 Å². The first-order valence-corrected chi connectivity index (χ1v) is 10.5. The van der Waals surface area contributed by atoms with Crippen LogP contribution in [0.2, 0.25) is 0 Å². The number of rotatable bonds is 6. The molecular weight excluding hydrogens is 316 g/mol. The van der Waals surface area contributed by atoms with E-state index in [-0.39, 0.29) is 0 Å². The van der Waals surface area contributed by atoms with Crippen LogP contribution in [0, 0.1) is 11.3 Å². The van der Waals surface area contributed by atoms with Crippen molar-refractivity contribution in [3.8, 4) is 0 Å². The van der Waals surface area contributed by atoms with E-state index < -0.39 is 0 Å². The molecule has 0 bridgehead atoms. The molecule has 0 aromatic carbocycles. The van der Waals surface area contributed by atoms with Crippen molar-refractivity contribution >= 4 is 22.3 Å². The second-order valence-electron chi connectivity index (χ2n) is 7.69. The third-order valence-electron chi connectivity index (χ3n) is 5.89. The summed E-state index contributed by atoms with van der Waals surface area (Å²) in [6, 6.07) is 4.93. The van der Waals surface area contributed by atoms with E-state index in [0.29, 0.717) is 11.5 Å². The van der Waals surface area contributed by atoms with Gasteiger partial charge in [-0.1, -0.05) is 0 Å². The summed E-state index contributed by atoms with van der Waals surface area (Å²) < 4.78 is 0. The zero-order chi connectivity index (χ0) is 16.4. The Bertz CT molecular complexity index is 552. The molecule has 2 heterocycles. The van der Waals surface area contributed by atoms with Gasteiger partial charge in [0, 0.05) is 32.2 Å². The van der Waals surface area contributed by atoms with Gasteiger partial charge in [0.15, 0.2) is 5.96 Å². The minimum atomic E-state index is 0.551. The highest BCUT2D eigenvalue weighted by atomic mass is 32.1. The zero-order valence-corrected chi connectivity index (χ0v) is 15.6. The smallest absolute Gasteiger partial charge is 0.191 e. The van der Waals surface area contributed by atoms with Gasteiger partial charge in [0.25, 0.3) is 0 Å². The van der Waals surface area contributed by atoms with Crippen LogP contribution in [0.4, 0.5) is 5.00 Å². The first-order valence-electron chi connectivity index (χ1n) is 9.62. The van der Waals surface area contributed by atoms with Gasteiger partial charge in [-0.15, -0.1) is 11.3 Å². The highest BCUT2D eigenvalue weighted by Crippen LogP contribution is 2.61. The van der Waals surface area contributed by atoms with Crippen molar-refractivity contribution in [3.63, 3.8) is 0 Å². The Labute approximate surface area is 149 Å². The number of hydrogen-bond acceptors (Lipinski definition) is 3. The fraction of sp³-hybridized carbons (Fsp3) is 0.737. The van der Waals surface area contributed by atoms with Gasteiger partial charge in [-0.05, 0) is 74.3 Å². The van der Waals surface area contributed by atoms with E-state index in [1.54, 1.807) is 0 Å². The second kappa shape index (κ2) is 6.95. The molecule has 24 heavy (non-hydrogen) atoms. The van der Waals surface area contributed by atoms with Crippen molar-refractivity contribution in [2.45, 2.75) is 51.5 Å². The summed E-state index contributed by atoms with van der Waals surface area (Å²) in [6.07, 6.45) is 8.08. The van der Waals surface area contributed by atoms with Crippen LogP contribution in [0.1, 0.15) is 45.4 Å². The first kappa shape index (κ1) is 16.2. The summed E-state index contributed by atoms with van der Waals surface area (Å²) in [5.41, 5.74) is 0.588. The third-order valence-corrected chi connectivity index (χ3v) is 6.81. The summed E-state index contributed by atoms with van der Waals surface area (Å²) in [6.45, 7) is 6.41. The molecule has 3 fully saturated rings. The zero-order valence-electron chi connectivity index (χ0n) is 14.8. The lowest BCUT2D eigenvalue weighted by Gasteiger charge is -2.33. The molecule has 4 nitrogen and oxygen atoms in total. The van der Waals surface area contributed by atoms with Crippen LogP contribution in [0.15, 0.2) is 22.5 Å². The summed E-state index contributed by atoms with van der Waals surface area (Å²) in [5.74, 6) is 2.03. The fourth-order valence-corrected chi connectivity index (χ4v) is 4.78. The normalized spacial score (nSPS) is 24.0. The molecule has 1 aliphatic heterocycles. The van der Waals surface area contributed by atoms with Crippen molar-refractivity contribution in [2.24, 2.45) is 16.3 Å². The standard InChI is InChI=1S/C19H30N4S/c1-2-20-18(21-14-19(9-10-19)15-5-6-15)22-16-7-11-23(12-8-16)17-4-3-13-24-17/h3-4,13,15-16H,2,5-12,14H2,1H3,(H2,20,21,22). The Hall–Kier alpha value is -1.23. The Kier molecular flexibility index (Phi) is 4.70. The first-order chi connectivity index (χ1) is 11.8. The molecule has 3 aliphatic rings. The van der Waals surface area contributed by atoms with Crippen molar-refractivity contribution in [2.75, 3.05) is 31.1 Å². The average Bonchev–Trinajstić information content (AvgIpc) is 3.52. The predicted octanol–water partition coefficient (Wildman–Crippen LogP) is 3.46. The van der Waals surface area contributed by atoms with E-state index in [2.05, 4.69) is 40.0 Å². The van der Waals surface area contributed by atoms with Crippen LogP contribution in [0.25, 0.3) is 0 Å². The van der Waals surface area contributed by atoms with Gasteiger partial charge in [-0.25, -0.2) is 0 Å². The van der Waals surface area contributed by atoms with E-state index >= 15 is 0 Å². The molecule has 0 amide bonds. The minimum absolute atomic E-state index is 0.551. The van der Waals surface area contributed by atoms with E-state index in [1.807, 2.05) is 11.3 Å². The predicted molar refractivity (Wildman–Crippen MR) is 103 cm³/mol. The number of nitrogens with one attached hydrogen (secondary N) is 2.